The molecule has 0 saturated carbocycles. The summed E-state index contributed by atoms with van der Waals surface area (Å²) in [5.74, 6) is -1.11. The molecule has 0 spiro atoms. The summed E-state index contributed by atoms with van der Waals surface area (Å²) in [6, 6.07) is 2.94. The number of nitrogens with zero attached hydrogens (tertiary/aromatic N) is 1. The Morgan fingerprint density at radius 2 is 2.09 bits per heavy atom. The van der Waals surface area contributed by atoms with Crippen LogP contribution in [-0.4, -0.2) is 52.1 Å². The summed E-state index contributed by atoms with van der Waals surface area (Å²) < 4.78 is 10.4. The second-order valence-corrected chi connectivity index (χ2v) is 6.10. The van der Waals surface area contributed by atoms with Gasteiger partial charge in [-0.15, -0.1) is 0 Å². The molecule has 9 heteroatoms. The van der Waals surface area contributed by atoms with E-state index in [0.717, 1.165) is 16.7 Å². The Labute approximate surface area is 141 Å². The van der Waals surface area contributed by atoms with Crippen LogP contribution in [0.4, 0.5) is 0 Å². The maximum absolute atomic E-state index is 12.2. The second kappa shape index (κ2) is 6.88. The molecule has 0 bridgehead atoms. The van der Waals surface area contributed by atoms with Crippen molar-refractivity contribution in [2.45, 2.75) is 0 Å². The van der Waals surface area contributed by atoms with Crippen LogP contribution in [0.15, 0.2) is 17.0 Å². The van der Waals surface area contributed by atoms with E-state index in [1.165, 1.54) is 26.4 Å². The average Bonchev–Trinajstić information content (AvgIpc) is 2.76. The lowest BCUT2D eigenvalue weighted by molar-refractivity contribution is -0.140. The molecule has 2 rings (SSSR count). The summed E-state index contributed by atoms with van der Waals surface area (Å²) in [4.78, 5) is 24.2. The number of aliphatic carboxylic acids is 1. The maximum Gasteiger partial charge on any atom is 0.323 e. The Kier molecular flexibility index (Phi) is 5.12. The van der Waals surface area contributed by atoms with E-state index in [0.29, 0.717) is 11.5 Å². The fourth-order valence-electron chi connectivity index (χ4n) is 1.92. The van der Waals surface area contributed by atoms with Crippen molar-refractivity contribution in [3.63, 3.8) is 0 Å². The number of carbonyl (C=O) groups is 2. The summed E-state index contributed by atoms with van der Waals surface area (Å²) in [5.41, 5.74) is 0.282. The molecule has 2 N–H and O–H groups in total. The van der Waals surface area contributed by atoms with E-state index in [4.69, 9.17) is 26.8 Å². The number of hydrogen-bond acceptors (Lipinski definition) is 7. The van der Waals surface area contributed by atoms with Gasteiger partial charge in [0.2, 0.25) is 0 Å². The number of thioether (sulfide) groups is 1. The van der Waals surface area contributed by atoms with Crippen molar-refractivity contribution >= 4 is 46.3 Å². The zero-order valence-corrected chi connectivity index (χ0v) is 13.9. The molecule has 1 amide bonds. The monoisotopic (exact) mass is 355 g/mol. The third-order valence-corrected chi connectivity index (χ3v) is 4.37. The molecule has 122 valence electrons. The van der Waals surface area contributed by atoms with Gasteiger partial charge in [-0.3, -0.25) is 14.5 Å². The average molecular weight is 355 g/mol. The molecule has 0 aliphatic carbocycles. The normalized spacial score (nSPS) is 16.1. The van der Waals surface area contributed by atoms with Crippen molar-refractivity contribution in [3.05, 3.63) is 22.6 Å². The highest BCUT2D eigenvalue weighted by molar-refractivity contribution is 8.26. The van der Waals surface area contributed by atoms with Crippen molar-refractivity contribution in [2.75, 3.05) is 20.8 Å². The Balaban J connectivity index is 2.41. The number of phenolic OH excluding ortho intramolecular Hbond substituents is 1. The first-order valence-corrected chi connectivity index (χ1v) is 7.52. The fourth-order valence-corrected chi connectivity index (χ4v) is 3.16. The van der Waals surface area contributed by atoms with Gasteiger partial charge >= 0.3 is 5.97 Å². The van der Waals surface area contributed by atoms with Crippen LogP contribution in [0.5, 0.6) is 17.2 Å². The van der Waals surface area contributed by atoms with Crippen molar-refractivity contribution in [1.82, 2.24) is 4.90 Å². The minimum atomic E-state index is -1.16. The van der Waals surface area contributed by atoms with Gasteiger partial charge in [-0.05, 0) is 6.08 Å². The van der Waals surface area contributed by atoms with E-state index in [9.17, 15) is 14.7 Å². The van der Waals surface area contributed by atoms with Gasteiger partial charge in [-0.2, -0.15) is 0 Å². The Morgan fingerprint density at radius 1 is 1.39 bits per heavy atom. The Hall–Kier alpha value is -2.26. The molecule has 0 unspecified atom stereocenters. The first-order valence-electron chi connectivity index (χ1n) is 6.29. The molecular weight excluding hydrogens is 342 g/mol. The molecule has 0 atom stereocenters. The molecule has 1 aromatic carbocycles. The van der Waals surface area contributed by atoms with Crippen molar-refractivity contribution < 1.29 is 29.3 Å². The topological polar surface area (TPSA) is 96.3 Å². The number of amides is 1. The van der Waals surface area contributed by atoms with Crippen LogP contribution in [0.1, 0.15) is 5.56 Å². The standard InChI is InChI=1S/C14H13NO6S2/c1-20-7-3-9(16)8(10(4-7)21-2)5-11-13(19)15(6-12(17)18)14(22)23-11/h3-5,16H,6H2,1-2H3,(H,17,18). The maximum atomic E-state index is 12.2. The summed E-state index contributed by atoms with van der Waals surface area (Å²) >= 11 is 5.98. The van der Waals surface area contributed by atoms with Crippen molar-refractivity contribution in [3.8, 4) is 17.2 Å². The number of thiocarbonyl (C=S) groups is 1. The summed E-state index contributed by atoms with van der Waals surface area (Å²) in [7, 11) is 2.87. The van der Waals surface area contributed by atoms with Gasteiger partial charge in [-0.1, -0.05) is 24.0 Å². The van der Waals surface area contributed by atoms with Crippen LogP contribution in [-0.2, 0) is 9.59 Å². The SMILES string of the molecule is COc1cc(O)c(C=C2SC(=S)N(CC(=O)O)C2=O)c(OC)c1. The van der Waals surface area contributed by atoms with Gasteiger partial charge in [-0.25, -0.2) is 0 Å². The summed E-state index contributed by atoms with van der Waals surface area (Å²) in [6.45, 7) is -0.506. The molecule has 7 nitrogen and oxygen atoms in total. The van der Waals surface area contributed by atoms with Crippen LogP contribution in [0, 0.1) is 0 Å². The number of ether oxygens (including phenoxy) is 2. The summed E-state index contributed by atoms with van der Waals surface area (Å²) in [5, 5.41) is 18.9. The highest BCUT2D eigenvalue weighted by Gasteiger charge is 2.33. The van der Waals surface area contributed by atoms with Crippen LogP contribution in [0.25, 0.3) is 6.08 Å². The molecule has 1 saturated heterocycles. The first-order chi connectivity index (χ1) is 10.9. The number of benzene rings is 1. The molecule has 1 aliphatic rings. The number of aromatic hydroxyl groups is 1. The number of methoxy groups -OCH3 is 2. The second-order valence-electron chi connectivity index (χ2n) is 4.42. The molecule has 0 radical (unpaired) electrons. The van der Waals surface area contributed by atoms with Crippen LogP contribution in [0.3, 0.4) is 0 Å². The van der Waals surface area contributed by atoms with Gasteiger partial charge in [0.05, 0.1) is 24.7 Å². The Morgan fingerprint density at radius 3 is 2.65 bits per heavy atom. The molecule has 23 heavy (non-hydrogen) atoms. The number of carbonyl (C=O) groups excluding carboxylic acids is 1. The molecule has 0 aromatic heterocycles. The van der Waals surface area contributed by atoms with E-state index < -0.39 is 18.4 Å². The zero-order chi connectivity index (χ0) is 17.1. The van der Waals surface area contributed by atoms with Gasteiger partial charge < -0.3 is 19.7 Å². The Bertz CT molecular complexity index is 715. The summed E-state index contributed by atoms with van der Waals surface area (Å²) in [6.07, 6.45) is 1.41. The van der Waals surface area contributed by atoms with Crippen molar-refractivity contribution in [2.24, 2.45) is 0 Å². The van der Waals surface area contributed by atoms with E-state index in [1.807, 2.05) is 0 Å². The van der Waals surface area contributed by atoms with Crippen molar-refractivity contribution in [1.29, 1.82) is 0 Å². The minimum absolute atomic E-state index is 0.135. The zero-order valence-electron chi connectivity index (χ0n) is 12.2. The van der Waals surface area contributed by atoms with Gasteiger partial charge in [0.1, 0.15) is 28.1 Å². The molecule has 1 heterocycles. The number of rotatable bonds is 5. The molecule has 1 fully saturated rings. The predicted molar refractivity (Wildman–Crippen MR) is 88.7 cm³/mol. The smallest absolute Gasteiger partial charge is 0.323 e. The third-order valence-electron chi connectivity index (χ3n) is 2.99. The molecule has 1 aliphatic heterocycles. The highest BCUT2D eigenvalue weighted by Crippen LogP contribution is 2.39. The van der Waals surface area contributed by atoms with Gasteiger partial charge in [0.15, 0.2) is 0 Å². The lowest BCUT2D eigenvalue weighted by atomic mass is 10.1. The van der Waals surface area contributed by atoms with Gasteiger partial charge in [0.25, 0.3) is 5.91 Å². The highest BCUT2D eigenvalue weighted by atomic mass is 32.2. The van der Waals surface area contributed by atoms with Gasteiger partial charge in [0, 0.05) is 12.1 Å². The van der Waals surface area contributed by atoms with E-state index in [2.05, 4.69) is 0 Å². The van der Waals surface area contributed by atoms with Crippen LogP contribution < -0.4 is 9.47 Å². The molecule has 1 aromatic rings. The lowest BCUT2D eigenvalue weighted by Crippen LogP contribution is -2.33. The number of carboxylic acids is 1. The van der Waals surface area contributed by atoms with Crippen LogP contribution >= 0.6 is 24.0 Å². The number of hydrogen-bond donors (Lipinski definition) is 2. The van der Waals surface area contributed by atoms with E-state index in [-0.39, 0.29) is 20.5 Å². The largest absolute Gasteiger partial charge is 0.507 e. The van der Waals surface area contributed by atoms with E-state index >= 15 is 0 Å². The van der Waals surface area contributed by atoms with Crippen LogP contribution in [0.2, 0.25) is 0 Å². The van der Waals surface area contributed by atoms with E-state index in [1.54, 1.807) is 6.07 Å². The molecular formula is C14H13NO6S2. The predicted octanol–water partition coefficient (Wildman–Crippen LogP) is 1.70. The number of carboxylic acid groups (broad SMARTS) is 1. The third kappa shape index (κ3) is 3.57. The minimum Gasteiger partial charge on any atom is -0.507 e. The quantitative estimate of drug-likeness (QED) is 0.608. The number of phenols is 1. The first kappa shape index (κ1) is 17.1. The fraction of sp³-hybridized carbons (Fsp3) is 0.214. The lowest BCUT2D eigenvalue weighted by Gasteiger charge is -2.11.